The van der Waals surface area contributed by atoms with Crippen molar-refractivity contribution in [1.82, 2.24) is 14.8 Å². The third-order valence-corrected chi connectivity index (χ3v) is 4.37. The summed E-state index contributed by atoms with van der Waals surface area (Å²) in [6.45, 7) is 0. The van der Waals surface area contributed by atoms with E-state index in [0.29, 0.717) is 28.4 Å². The first-order valence-electron chi connectivity index (χ1n) is 9.24. The van der Waals surface area contributed by atoms with Crippen LogP contribution in [0.4, 0.5) is 21.6 Å². The van der Waals surface area contributed by atoms with Gasteiger partial charge in [0.05, 0.1) is 11.3 Å². The van der Waals surface area contributed by atoms with E-state index in [-0.39, 0.29) is 11.6 Å². The SMILES string of the molecule is NC(=O)c1ccn(-c2ccc(NC(=O)c3cccnc3Nc3cccc(F)c3)cc2)n1. The van der Waals surface area contributed by atoms with Crippen LogP contribution in [0.1, 0.15) is 20.8 Å². The Labute approximate surface area is 176 Å². The highest BCUT2D eigenvalue weighted by molar-refractivity contribution is 6.07. The Balaban J connectivity index is 1.50. The highest BCUT2D eigenvalue weighted by Crippen LogP contribution is 2.21. The number of hydrogen-bond donors (Lipinski definition) is 3. The average Bonchev–Trinajstić information content (AvgIpc) is 3.25. The number of nitrogens with one attached hydrogen (secondary N) is 2. The molecule has 0 aliphatic rings. The van der Waals surface area contributed by atoms with Gasteiger partial charge in [0.15, 0.2) is 0 Å². The quantitative estimate of drug-likeness (QED) is 0.445. The monoisotopic (exact) mass is 416 g/mol. The summed E-state index contributed by atoms with van der Waals surface area (Å²) in [5.41, 5.74) is 7.40. The first-order chi connectivity index (χ1) is 15.0. The van der Waals surface area contributed by atoms with Crippen LogP contribution in [0.3, 0.4) is 0 Å². The molecule has 31 heavy (non-hydrogen) atoms. The molecule has 4 N–H and O–H groups in total. The number of carbonyl (C=O) groups excluding carboxylic acids is 2. The van der Waals surface area contributed by atoms with E-state index >= 15 is 0 Å². The molecule has 0 aliphatic carbocycles. The van der Waals surface area contributed by atoms with Gasteiger partial charge in [-0.05, 0) is 60.7 Å². The Morgan fingerprint density at radius 2 is 1.77 bits per heavy atom. The molecule has 0 bridgehead atoms. The Morgan fingerprint density at radius 3 is 2.48 bits per heavy atom. The molecule has 8 nitrogen and oxygen atoms in total. The van der Waals surface area contributed by atoms with Crippen LogP contribution < -0.4 is 16.4 Å². The number of hydrogen-bond acceptors (Lipinski definition) is 5. The standard InChI is InChI=1S/C22H17FN6O2/c23-14-3-1-4-16(13-14)26-21-18(5-2-11-25-21)22(31)27-15-6-8-17(9-7-15)29-12-10-19(28-29)20(24)30/h1-13H,(H2,24,30)(H,25,26)(H,27,31). The van der Waals surface area contributed by atoms with Crippen molar-refractivity contribution in [2.75, 3.05) is 10.6 Å². The Hall–Kier alpha value is -4.53. The van der Waals surface area contributed by atoms with Crippen LogP contribution in [0.2, 0.25) is 0 Å². The molecular formula is C22H17FN6O2. The Kier molecular flexibility index (Phi) is 5.39. The zero-order valence-electron chi connectivity index (χ0n) is 16.1. The second-order valence-electron chi connectivity index (χ2n) is 6.55. The van der Waals surface area contributed by atoms with Gasteiger partial charge < -0.3 is 16.4 Å². The highest BCUT2D eigenvalue weighted by atomic mass is 19.1. The maximum Gasteiger partial charge on any atom is 0.269 e. The summed E-state index contributed by atoms with van der Waals surface area (Å²) in [5.74, 6) is -1.08. The molecule has 4 aromatic rings. The van der Waals surface area contributed by atoms with E-state index in [1.54, 1.807) is 54.7 Å². The van der Waals surface area contributed by atoms with E-state index in [1.165, 1.54) is 29.1 Å². The molecule has 0 fully saturated rings. The number of nitrogens with zero attached hydrogens (tertiary/aromatic N) is 3. The fourth-order valence-corrected chi connectivity index (χ4v) is 2.89. The normalized spacial score (nSPS) is 10.5. The molecule has 2 aromatic carbocycles. The predicted octanol–water partition coefficient (Wildman–Crippen LogP) is 3.50. The maximum atomic E-state index is 13.4. The summed E-state index contributed by atoms with van der Waals surface area (Å²) < 4.78 is 15.0. The van der Waals surface area contributed by atoms with Crippen molar-refractivity contribution in [2.45, 2.75) is 0 Å². The zero-order valence-corrected chi connectivity index (χ0v) is 16.1. The molecule has 2 amide bonds. The molecular weight excluding hydrogens is 399 g/mol. The number of halogens is 1. The highest BCUT2D eigenvalue weighted by Gasteiger charge is 2.13. The van der Waals surface area contributed by atoms with Gasteiger partial charge in [0.2, 0.25) is 0 Å². The fourth-order valence-electron chi connectivity index (χ4n) is 2.89. The van der Waals surface area contributed by atoms with Gasteiger partial charge in [-0.1, -0.05) is 6.07 Å². The second-order valence-corrected chi connectivity index (χ2v) is 6.55. The third kappa shape index (κ3) is 4.56. The van der Waals surface area contributed by atoms with Gasteiger partial charge in [-0.3, -0.25) is 9.59 Å². The Bertz CT molecular complexity index is 1250. The minimum Gasteiger partial charge on any atom is -0.364 e. The molecule has 4 rings (SSSR count). The molecule has 0 atom stereocenters. The Morgan fingerprint density at radius 1 is 0.968 bits per heavy atom. The summed E-state index contributed by atoms with van der Waals surface area (Å²) in [7, 11) is 0. The van der Waals surface area contributed by atoms with Crippen molar-refractivity contribution in [2.24, 2.45) is 5.73 Å². The van der Waals surface area contributed by atoms with Crippen molar-refractivity contribution in [3.63, 3.8) is 0 Å². The summed E-state index contributed by atoms with van der Waals surface area (Å²) >= 11 is 0. The second kappa shape index (κ2) is 8.46. The van der Waals surface area contributed by atoms with Gasteiger partial charge in [0.1, 0.15) is 17.3 Å². The van der Waals surface area contributed by atoms with Gasteiger partial charge in [0.25, 0.3) is 11.8 Å². The number of amides is 2. The number of nitrogens with two attached hydrogens (primary N) is 1. The number of anilines is 3. The van der Waals surface area contributed by atoms with Crippen molar-refractivity contribution in [3.8, 4) is 5.69 Å². The number of aromatic nitrogens is 3. The van der Waals surface area contributed by atoms with E-state index in [1.807, 2.05) is 0 Å². The number of pyridine rings is 1. The summed E-state index contributed by atoms with van der Waals surface area (Å²) in [4.78, 5) is 28.2. The van der Waals surface area contributed by atoms with Gasteiger partial charge >= 0.3 is 0 Å². The van der Waals surface area contributed by atoms with Crippen molar-refractivity contribution < 1.29 is 14.0 Å². The van der Waals surface area contributed by atoms with Gasteiger partial charge in [0, 0.05) is 23.8 Å². The molecule has 154 valence electrons. The summed E-state index contributed by atoms with van der Waals surface area (Å²) in [6, 6.07) is 17.6. The molecule has 0 spiro atoms. The van der Waals surface area contributed by atoms with Crippen LogP contribution >= 0.6 is 0 Å². The van der Waals surface area contributed by atoms with Crippen LogP contribution in [-0.2, 0) is 0 Å². The van der Waals surface area contributed by atoms with E-state index in [4.69, 9.17) is 5.73 Å². The van der Waals surface area contributed by atoms with E-state index in [9.17, 15) is 14.0 Å². The van der Waals surface area contributed by atoms with Crippen molar-refractivity contribution in [3.05, 3.63) is 96.2 Å². The van der Waals surface area contributed by atoms with Crippen LogP contribution in [0.5, 0.6) is 0 Å². The van der Waals surface area contributed by atoms with Gasteiger partial charge in [-0.2, -0.15) is 5.10 Å². The molecule has 9 heteroatoms. The smallest absolute Gasteiger partial charge is 0.269 e. The minimum absolute atomic E-state index is 0.160. The molecule has 2 heterocycles. The number of benzene rings is 2. The average molecular weight is 416 g/mol. The largest absolute Gasteiger partial charge is 0.364 e. The molecule has 0 saturated heterocycles. The first kappa shape index (κ1) is 19.8. The lowest BCUT2D eigenvalue weighted by Gasteiger charge is -2.12. The summed E-state index contributed by atoms with van der Waals surface area (Å²) in [6.07, 6.45) is 3.16. The first-order valence-corrected chi connectivity index (χ1v) is 9.24. The van der Waals surface area contributed by atoms with Crippen LogP contribution in [0, 0.1) is 5.82 Å². The van der Waals surface area contributed by atoms with E-state index < -0.39 is 11.7 Å². The minimum atomic E-state index is -0.609. The zero-order chi connectivity index (χ0) is 21.8. The lowest BCUT2D eigenvalue weighted by molar-refractivity contribution is 0.0993. The van der Waals surface area contributed by atoms with Crippen molar-refractivity contribution in [1.29, 1.82) is 0 Å². The van der Waals surface area contributed by atoms with Crippen LogP contribution in [-0.4, -0.2) is 26.6 Å². The molecule has 2 aromatic heterocycles. The van der Waals surface area contributed by atoms with Crippen molar-refractivity contribution >= 4 is 29.0 Å². The van der Waals surface area contributed by atoms with E-state index in [2.05, 4.69) is 20.7 Å². The lowest BCUT2D eigenvalue weighted by atomic mass is 10.2. The molecule has 0 unspecified atom stereocenters. The fraction of sp³-hybridized carbons (Fsp3) is 0. The van der Waals surface area contributed by atoms with Crippen LogP contribution in [0.15, 0.2) is 79.1 Å². The topological polar surface area (TPSA) is 115 Å². The third-order valence-electron chi connectivity index (χ3n) is 4.37. The number of primary amides is 1. The van der Waals surface area contributed by atoms with Crippen LogP contribution in [0.25, 0.3) is 5.69 Å². The molecule has 0 radical (unpaired) electrons. The van der Waals surface area contributed by atoms with Gasteiger partial charge in [-0.25, -0.2) is 14.1 Å². The number of carbonyl (C=O) groups is 2. The molecule has 0 saturated carbocycles. The van der Waals surface area contributed by atoms with E-state index in [0.717, 1.165) is 0 Å². The molecule has 0 aliphatic heterocycles. The number of rotatable bonds is 6. The predicted molar refractivity (Wildman–Crippen MR) is 114 cm³/mol. The maximum absolute atomic E-state index is 13.4. The lowest BCUT2D eigenvalue weighted by Crippen LogP contribution is -2.14. The summed E-state index contributed by atoms with van der Waals surface area (Å²) in [5, 5.41) is 9.85. The van der Waals surface area contributed by atoms with Gasteiger partial charge in [-0.15, -0.1) is 0 Å².